The standard InChI is InChI=1S/C28H37Si/c1-27(2,3)20-14-19(15-21(16-20)28(4,5)6)22-10-9-11-23-25(22)17-24(18-12-13-18)26(23)29(7)8/h9-11,14-18,26H,12-13H2,1-8H3. The second-order valence-electron chi connectivity index (χ2n) is 11.5. The Kier molecular flexibility index (Phi) is 4.97. The molecule has 0 nitrogen and oxygen atoms in total. The molecule has 0 N–H and O–H groups in total. The summed E-state index contributed by atoms with van der Waals surface area (Å²) in [6.07, 6.45) is 5.38. The Labute approximate surface area is 180 Å². The van der Waals surface area contributed by atoms with Crippen LogP contribution in [0.3, 0.4) is 0 Å². The zero-order valence-electron chi connectivity index (χ0n) is 19.6. The van der Waals surface area contributed by atoms with E-state index in [1.54, 1.807) is 11.1 Å². The van der Waals surface area contributed by atoms with Crippen LogP contribution in [-0.2, 0) is 10.8 Å². The molecule has 29 heavy (non-hydrogen) atoms. The van der Waals surface area contributed by atoms with Gasteiger partial charge in [-0.3, -0.25) is 0 Å². The van der Waals surface area contributed by atoms with E-state index >= 15 is 0 Å². The Morgan fingerprint density at radius 1 is 0.828 bits per heavy atom. The van der Waals surface area contributed by atoms with Gasteiger partial charge >= 0.3 is 0 Å². The molecule has 0 amide bonds. The third kappa shape index (κ3) is 3.91. The molecule has 1 heteroatoms. The summed E-state index contributed by atoms with van der Waals surface area (Å²) in [5.41, 5.74) is 11.6. The fraction of sp³-hybridized carbons (Fsp3) is 0.500. The van der Waals surface area contributed by atoms with E-state index in [4.69, 9.17) is 0 Å². The molecule has 2 aliphatic rings. The van der Waals surface area contributed by atoms with Crippen LogP contribution >= 0.6 is 0 Å². The molecule has 0 saturated heterocycles. The van der Waals surface area contributed by atoms with Gasteiger partial charge < -0.3 is 0 Å². The summed E-state index contributed by atoms with van der Waals surface area (Å²) in [7, 11) is -0.405. The monoisotopic (exact) mass is 401 g/mol. The van der Waals surface area contributed by atoms with Gasteiger partial charge in [0, 0.05) is 0 Å². The second kappa shape index (κ2) is 6.98. The Bertz CT molecular complexity index is 927. The zero-order valence-corrected chi connectivity index (χ0v) is 20.6. The summed E-state index contributed by atoms with van der Waals surface area (Å²) in [6.45, 7) is 19.0. The van der Waals surface area contributed by atoms with Crippen molar-refractivity contribution in [2.45, 2.75) is 83.8 Å². The normalized spacial score (nSPS) is 19.5. The summed E-state index contributed by atoms with van der Waals surface area (Å²) < 4.78 is 0. The lowest BCUT2D eigenvalue weighted by atomic mass is 9.78. The van der Waals surface area contributed by atoms with E-state index in [0.717, 1.165) is 5.92 Å². The summed E-state index contributed by atoms with van der Waals surface area (Å²) in [5, 5.41) is 0. The lowest BCUT2D eigenvalue weighted by molar-refractivity contribution is 0.569. The first-order valence-corrected chi connectivity index (χ1v) is 13.9. The summed E-state index contributed by atoms with van der Waals surface area (Å²) in [5.74, 6) is 0.853. The van der Waals surface area contributed by atoms with E-state index in [2.05, 4.69) is 97.1 Å². The third-order valence-corrected chi connectivity index (χ3v) is 8.50. The molecule has 0 aromatic heterocycles. The van der Waals surface area contributed by atoms with Crippen LogP contribution in [0.1, 0.15) is 82.2 Å². The van der Waals surface area contributed by atoms with Crippen molar-refractivity contribution < 1.29 is 0 Å². The van der Waals surface area contributed by atoms with Gasteiger partial charge in [0.25, 0.3) is 0 Å². The van der Waals surface area contributed by atoms with Gasteiger partial charge in [-0.1, -0.05) is 103 Å². The van der Waals surface area contributed by atoms with E-state index in [-0.39, 0.29) is 10.8 Å². The average molecular weight is 402 g/mol. The predicted molar refractivity (Wildman–Crippen MR) is 130 cm³/mol. The third-order valence-electron chi connectivity index (χ3n) is 6.70. The van der Waals surface area contributed by atoms with Crippen LogP contribution in [0.5, 0.6) is 0 Å². The van der Waals surface area contributed by atoms with Crippen molar-refractivity contribution >= 4 is 14.9 Å². The fourth-order valence-electron chi connectivity index (χ4n) is 4.74. The lowest BCUT2D eigenvalue weighted by Crippen LogP contribution is -2.17. The molecule has 1 fully saturated rings. The van der Waals surface area contributed by atoms with Gasteiger partial charge in [-0.25, -0.2) is 0 Å². The van der Waals surface area contributed by atoms with Crippen molar-refractivity contribution in [1.82, 2.24) is 0 Å². The average Bonchev–Trinajstić information content (AvgIpc) is 3.38. The molecule has 0 heterocycles. The first-order chi connectivity index (χ1) is 13.5. The molecule has 0 spiro atoms. The molecule has 4 rings (SSSR count). The largest absolute Gasteiger partial charge is 0.0705 e. The van der Waals surface area contributed by atoms with Gasteiger partial charge in [0.15, 0.2) is 0 Å². The van der Waals surface area contributed by atoms with Crippen molar-refractivity contribution in [3.05, 3.63) is 64.2 Å². The van der Waals surface area contributed by atoms with E-state index in [9.17, 15) is 0 Å². The van der Waals surface area contributed by atoms with Crippen LogP contribution in [0.2, 0.25) is 13.1 Å². The zero-order chi connectivity index (χ0) is 21.1. The van der Waals surface area contributed by atoms with Crippen LogP contribution in [0.4, 0.5) is 0 Å². The van der Waals surface area contributed by atoms with Gasteiger partial charge in [-0.2, -0.15) is 0 Å². The smallest absolute Gasteiger partial charge is 0.0552 e. The predicted octanol–water partition coefficient (Wildman–Crippen LogP) is 8.13. The maximum atomic E-state index is 2.59. The van der Waals surface area contributed by atoms with Crippen molar-refractivity contribution in [2.24, 2.45) is 5.92 Å². The highest BCUT2D eigenvalue weighted by molar-refractivity contribution is 6.58. The Morgan fingerprint density at radius 2 is 1.41 bits per heavy atom. The molecule has 1 atom stereocenters. The maximum Gasteiger partial charge on any atom is 0.0552 e. The van der Waals surface area contributed by atoms with Gasteiger partial charge in [0.1, 0.15) is 0 Å². The highest BCUT2D eigenvalue weighted by Crippen LogP contribution is 2.51. The van der Waals surface area contributed by atoms with Gasteiger partial charge in [-0.05, 0) is 68.5 Å². The first-order valence-electron chi connectivity index (χ1n) is 11.3. The van der Waals surface area contributed by atoms with Gasteiger partial charge in [0.05, 0.1) is 8.80 Å². The van der Waals surface area contributed by atoms with Crippen molar-refractivity contribution in [3.63, 3.8) is 0 Å². The van der Waals surface area contributed by atoms with E-state index in [1.165, 1.54) is 40.7 Å². The highest BCUT2D eigenvalue weighted by atomic mass is 28.3. The molecular formula is C28H37Si. The molecule has 153 valence electrons. The molecule has 0 bridgehead atoms. The van der Waals surface area contributed by atoms with Crippen LogP contribution in [0, 0.1) is 5.92 Å². The van der Waals surface area contributed by atoms with Crippen molar-refractivity contribution in [1.29, 1.82) is 0 Å². The molecule has 2 aromatic carbocycles. The minimum absolute atomic E-state index is 0.147. The first kappa shape index (κ1) is 20.7. The van der Waals surface area contributed by atoms with Crippen molar-refractivity contribution in [2.75, 3.05) is 0 Å². The summed E-state index contributed by atoms with van der Waals surface area (Å²) in [6, 6.07) is 14.4. The second-order valence-corrected chi connectivity index (χ2v) is 14.3. The number of rotatable bonds is 3. The number of hydrogen-bond acceptors (Lipinski definition) is 0. The molecule has 1 saturated carbocycles. The van der Waals surface area contributed by atoms with Crippen LogP contribution in [-0.4, -0.2) is 8.80 Å². The summed E-state index contributed by atoms with van der Waals surface area (Å²) >= 11 is 0. The van der Waals surface area contributed by atoms with E-state index < -0.39 is 8.80 Å². The van der Waals surface area contributed by atoms with Gasteiger partial charge in [0.2, 0.25) is 0 Å². The molecular weight excluding hydrogens is 364 g/mol. The lowest BCUT2D eigenvalue weighted by Gasteiger charge is -2.27. The number of allylic oxidation sites excluding steroid dienone is 1. The fourth-order valence-corrected chi connectivity index (χ4v) is 6.60. The minimum atomic E-state index is -0.405. The molecule has 2 aliphatic carbocycles. The number of benzene rings is 2. The topological polar surface area (TPSA) is 0 Å². The van der Waals surface area contributed by atoms with E-state index in [0.29, 0.717) is 5.54 Å². The maximum absolute atomic E-state index is 2.59. The Morgan fingerprint density at radius 3 is 1.90 bits per heavy atom. The highest BCUT2D eigenvalue weighted by Gasteiger charge is 2.38. The van der Waals surface area contributed by atoms with Crippen molar-refractivity contribution in [3.8, 4) is 11.1 Å². The SMILES string of the molecule is C[Si](C)C1C(C2CC2)=Cc2c(-c3cc(C(C)(C)C)cc(C(C)(C)C)c3)cccc21. The number of fused-ring (bicyclic) bond motifs is 1. The number of hydrogen-bond donors (Lipinski definition) is 0. The minimum Gasteiger partial charge on any atom is -0.0705 e. The van der Waals surface area contributed by atoms with Crippen LogP contribution in [0.15, 0.2) is 42.0 Å². The van der Waals surface area contributed by atoms with Crippen LogP contribution < -0.4 is 0 Å². The van der Waals surface area contributed by atoms with Crippen LogP contribution in [0.25, 0.3) is 17.2 Å². The molecule has 1 radical (unpaired) electrons. The molecule has 0 aliphatic heterocycles. The molecule has 1 unspecified atom stereocenters. The Balaban J connectivity index is 1.91. The quantitative estimate of drug-likeness (QED) is 0.455. The molecule has 2 aromatic rings. The van der Waals surface area contributed by atoms with Gasteiger partial charge in [-0.15, -0.1) is 0 Å². The summed E-state index contributed by atoms with van der Waals surface area (Å²) in [4.78, 5) is 0. The van der Waals surface area contributed by atoms with E-state index in [1.807, 2.05) is 0 Å². The Hall–Kier alpha value is -1.60.